The van der Waals surface area contributed by atoms with Crippen molar-refractivity contribution in [3.05, 3.63) is 47.8 Å². The topological polar surface area (TPSA) is 83.8 Å². The fraction of sp³-hybridized carbons (Fsp3) is 0.214. The summed E-state index contributed by atoms with van der Waals surface area (Å²) in [6, 6.07) is 7.18. The monoisotopic (exact) mass is 270 g/mol. The van der Waals surface area contributed by atoms with E-state index in [9.17, 15) is 4.79 Å². The molecule has 1 aromatic carbocycles. The lowest BCUT2D eigenvalue weighted by atomic mass is 10.2. The van der Waals surface area contributed by atoms with Crippen LogP contribution >= 0.6 is 0 Å². The number of fused-ring (bicyclic) bond motifs is 1. The van der Waals surface area contributed by atoms with E-state index in [1.165, 1.54) is 0 Å². The van der Waals surface area contributed by atoms with E-state index in [2.05, 4.69) is 20.5 Å². The van der Waals surface area contributed by atoms with Crippen molar-refractivity contribution in [1.29, 1.82) is 0 Å². The minimum atomic E-state index is -0.313. The number of H-pyrrole nitrogens is 1. The van der Waals surface area contributed by atoms with Crippen molar-refractivity contribution in [1.82, 2.24) is 20.5 Å². The third kappa shape index (κ3) is 2.16. The molecule has 0 radical (unpaired) electrons. The Morgan fingerprint density at radius 3 is 2.95 bits per heavy atom. The van der Waals surface area contributed by atoms with E-state index in [0.717, 1.165) is 10.9 Å². The molecule has 102 valence electrons. The fourth-order valence-corrected chi connectivity index (χ4v) is 2.04. The molecule has 0 aliphatic heterocycles. The van der Waals surface area contributed by atoms with Gasteiger partial charge in [-0.15, -0.1) is 0 Å². The van der Waals surface area contributed by atoms with E-state index in [-0.39, 0.29) is 11.9 Å². The molecule has 0 aliphatic carbocycles. The number of oxazole rings is 1. The van der Waals surface area contributed by atoms with Gasteiger partial charge in [-0.1, -0.05) is 18.2 Å². The maximum atomic E-state index is 12.2. The molecule has 0 saturated carbocycles. The minimum Gasteiger partial charge on any atom is -0.444 e. The number of nitrogens with zero attached hydrogens (tertiary/aromatic N) is 2. The lowest BCUT2D eigenvalue weighted by Crippen LogP contribution is -2.27. The maximum Gasteiger partial charge on any atom is 0.273 e. The van der Waals surface area contributed by atoms with E-state index in [0.29, 0.717) is 17.3 Å². The zero-order valence-corrected chi connectivity index (χ0v) is 11.2. The van der Waals surface area contributed by atoms with E-state index in [1.54, 1.807) is 6.20 Å². The molecule has 0 spiro atoms. The fourth-order valence-electron chi connectivity index (χ4n) is 2.04. The SMILES string of the molecule is Cc1cnc([C@H](C)NC(=O)c2n[nH]c3ccccc23)o1. The summed E-state index contributed by atoms with van der Waals surface area (Å²) in [5, 5.41) is 10.5. The summed E-state index contributed by atoms with van der Waals surface area (Å²) in [5.74, 6) is 0.938. The second-order valence-electron chi connectivity index (χ2n) is 4.62. The van der Waals surface area contributed by atoms with Crippen molar-refractivity contribution in [3.8, 4) is 0 Å². The van der Waals surface area contributed by atoms with Crippen LogP contribution in [0.25, 0.3) is 10.9 Å². The highest BCUT2D eigenvalue weighted by Crippen LogP contribution is 2.17. The van der Waals surface area contributed by atoms with Crippen LogP contribution < -0.4 is 5.32 Å². The summed E-state index contributed by atoms with van der Waals surface area (Å²) in [6.07, 6.45) is 1.63. The Kier molecular flexibility index (Phi) is 2.98. The number of aromatic amines is 1. The number of amides is 1. The summed E-state index contributed by atoms with van der Waals surface area (Å²) in [6.45, 7) is 3.63. The number of carbonyl (C=O) groups is 1. The zero-order chi connectivity index (χ0) is 14.1. The van der Waals surface area contributed by atoms with Gasteiger partial charge in [0.2, 0.25) is 5.89 Å². The predicted molar refractivity (Wildman–Crippen MR) is 73.2 cm³/mol. The Hall–Kier alpha value is -2.63. The standard InChI is InChI=1S/C14H14N4O2/c1-8-7-15-14(20-8)9(2)16-13(19)12-10-5-3-4-6-11(10)17-18-12/h3-7,9H,1-2H3,(H,16,19)(H,17,18)/t9-/m0/s1. The lowest BCUT2D eigenvalue weighted by molar-refractivity contribution is 0.0930. The molecule has 6 heteroatoms. The molecule has 0 aliphatic rings. The molecule has 3 rings (SSSR count). The number of aryl methyl sites for hydroxylation is 1. The number of hydrogen-bond donors (Lipinski definition) is 2. The largest absolute Gasteiger partial charge is 0.444 e. The van der Waals surface area contributed by atoms with Gasteiger partial charge in [-0.2, -0.15) is 5.10 Å². The normalized spacial score (nSPS) is 12.5. The van der Waals surface area contributed by atoms with Crippen LogP contribution in [0.5, 0.6) is 0 Å². The molecule has 20 heavy (non-hydrogen) atoms. The molecule has 2 N–H and O–H groups in total. The quantitative estimate of drug-likeness (QED) is 0.765. The summed E-state index contributed by atoms with van der Waals surface area (Å²) < 4.78 is 5.40. The second-order valence-corrected chi connectivity index (χ2v) is 4.62. The van der Waals surface area contributed by atoms with E-state index in [1.807, 2.05) is 38.1 Å². The van der Waals surface area contributed by atoms with Crippen molar-refractivity contribution in [2.75, 3.05) is 0 Å². The molecule has 0 saturated heterocycles. The minimum absolute atomic E-state index is 0.259. The molecular formula is C14H14N4O2. The van der Waals surface area contributed by atoms with Gasteiger partial charge in [0.25, 0.3) is 5.91 Å². The van der Waals surface area contributed by atoms with Gasteiger partial charge in [0.1, 0.15) is 11.8 Å². The van der Waals surface area contributed by atoms with E-state index < -0.39 is 0 Å². The summed E-state index contributed by atoms with van der Waals surface area (Å²) >= 11 is 0. The molecule has 1 amide bonds. The Morgan fingerprint density at radius 2 is 2.20 bits per heavy atom. The van der Waals surface area contributed by atoms with E-state index >= 15 is 0 Å². The molecule has 0 fully saturated rings. The molecule has 0 bridgehead atoms. The van der Waals surface area contributed by atoms with Crippen LogP contribution in [0.3, 0.4) is 0 Å². The van der Waals surface area contributed by atoms with Crippen LogP contribution in [-0.4, -0.2) is 21.1 Å². The number of nitrogens with one attached hydrogen (secondary N) is 2. The molecule has 2 aromatic heterocycles. The average Bonchev–Trinajstić information content (AvgIpc) is 3.04. The highest BCUT2D eigenvalue weighted by molar-refractivity contribution is 6.04. The molecule has 3 aromatic rings. The van der Waals surface area contributed by atoms with Crippen LogP contribution in [-0.2, 0) is 0 Å². The Balaban J connectivity index is 1.82. The van der Waals surface area contributed by atoms with Gasteiger partial charge in [0.15, 0.2) is 5.69 Å². The number of hydrogen-bond acceptors (Lipinski definition) is 4. The van der Waals surface area contributed by atoms with Gasteiger partial charge < -0.3 is 9.73 Å². The van der Waals surface area contributed by atoms with Crippen LogP contribution in [0.4, 0.5) is 0 Å². The van der Waals surface area contributed by atoms with Gasteiger partial charge in [-0.05, 0) is 19.9 Å². The highest BCUT2D eigenvalue weighted by atomic mass is 16.4. The van der Waals surface area contributed by atoms with Gasteiger partial charge in [0.05, 0.1) is 11.7 Å². The average molecular weight is 270 g/mol. The molecule has 1 atom stereocenters. The first-order valence-corrected chi connectivity index (χ1v) is 6.31. The molecule has 2 heterocycles. The molecular weight excluding hydrogens is 256 g/mol. The highest BCUT2D eigenvalue weighted by Gasteiger charge is 2.19. The van der Waals surface area contributed by atoms with Crippen LogP contribution in [0, 0.1) is 6.92 Å². The first-order chi connectivity index (χ1) is 9.65. The Bertz CT molecular complexity index is 759. The predicted octanol–water partition coefficient (Wildman–Crippen LogP) is 2.35. The lowest BCUT2D eigenvalue weighted by Gasteiger charge is -2.09. The Labute approximate surface area is 115 Å². The van der Waals surface area contributed by atoms with Crippen LogP contribution in [0.1, 0.15) is 35.1 Å². The third-order valence-electron chi connectivity index (χ3n) is 3.04. The number of benzene rings is 1. The van der Waals surface area contributed by atoms with Crippen molar-refractivity contribution in [2.45, 2.75) is 19.9 Å². The number of rotatable bonds is 3. The molecule has 6 nitrogen and oxygen atoms in total. The first kappa shape index (κ1) is 12.4. The maximum absolute atomic E-state index is 12.2. The number of carbonyl (C=O) groups excluding carboxylic acids is 1. The van der Waals surface area contributed by atoms with Crippen LogP contribution in [0.15, 0.2) is 34.9 Å². The summed E-state index contributed by atoms with van der Waals surface area (Å²) in [7, 11) is 0. The van der Waals surface area contributed by atoms with Crippen molar-refractivity contribution in [2.24, 2.45) is 0 Å². The summed E-state index contributed by atoms with van der Waals surface area (Å²) in [4.78, 5) is 16.4. The third-order valence-corrected chi connectivity index (χ3v) is 3.04. The zero-order valence-electron chi connectivity index (χ0n) is 11.2. The Morgan fingerprint density at radius 1 is 1.40 bits per heavy atom. The van der Waals surface area contributed by atoms with Gasteiger partial charge in [-0.25, -0.2) is 4.98 Å². The van der Waals surface area contributed by atoms with Crippen molar-refractivity contribution in [3.63, 3.8) is 0 Å². The van der Waals surface area contributed by atoms with Crippen molar-refractivity contribution < 1.29 is 9.21 Å². The first-order valence-electron chi connectivity index (χ1n) is 6.31. The smallest absolute Gasteiger partial charge is 0.273 e. The van der Waals surface area contributed by atoms with Crippen LogP contribution in [0.2, 0.25) is 0 Å². The van der Waals surface area contributed by atoms with Crippen molar-refractivity contribution >= 4 is 16.8 Å². The summed E-state index contributed by atoms with van der Waals surface area (Å²) in [5.41, 5.74) is 1.20. The van der Waals surface area contributed by atoms with Gasteiger partial charge >= 0.3 is 0 Å². The number of aromatic nitrogens is 3. The second kappa shape index (κ2) is 4.80. The van der Waals surface area contributed by atoms with Gasteiger partial charge in [0, 0.05) is 5.39 Å². The number of para-hydroxylation sites is 1. The van der Waals surface area contributed by atoms with E-state index in [4.69, 9.17) is 4.42 Å². The van der Waals surface area contributed by atoms with Gasteiger partial charge in [-0.3, -0.25) is 9.89 Å². The molecule has 0 unspecified atom stereocenters.